The van der Waals surface area contributed by atoms with Crippen molar-refractivity contribution in [3.63, 3.8) is 0 Å². The number of carbonyl (C=O) groups is 2. The van der Waals surface area contributed by atoms with Gasteiger partial charge < -0.3 is 20.1 Å². The molecular weight excluding hydrogens is 322 g/mol. The van der Waals surface area contributed by atoms with Crippen LogP contribution in [-0.4, -0.2) is 37.1 Å². The summed E-state index contributed by atoms with van der Waals surface area (Å²) in [5, 5.41) is 5.32. The van der Waals surface area contributed by atoms with Gasteiger partial charge in [0.05, 0.1) is 25.8 Å². The summed E-state index contributed by atoms with van der Waals surface area (Å²) in [4.78, 5) is 28.1. The maximum atomic E-state index is 12.2. The van der Waals surface area contributed by atoms with Gasteiger partial charge in [0.15, 0.2) is 0 Å². The summed E-state index contributed by atoms with van der Waals surface area (Å²) in [6, 6.07) is 10.4. The van der Waals surface area contributed by atoms with E-state index in [9.17, 15) is 9.59 Å². The van der Waals surface area contributed by atoms with E-state index >= 15 is 0 Å². The fraction of sp³-hybridized carbons (Fsp3) is 0.278. The van der Waals surface area contributed by atoms with Gasteiger partial charge in [-0.25, -0.2) is 4.98 Å². The van der Waals surface area contributed by atoms with E-state index in [1.807, 2.05) is 6.92 Å². The lowest BCUT2D eigenvalue weighted by Gasteiger charge is -2.11. The van der Waals surface area contributed by atoms with E-state index < -0.39 is 0 Å². The van der Waals surface area contributed by atoms with Gasteiger partial charge in [-0.3, -0.25) is 9.59 Å². The Morgan fingerprint density at radius 3 is 2.72 bits per heavy atom. The van der Waals surface area contributed by atoms with Crippen molar-refractivity contribution in [2.75, 3.05) is 20.3 Å². The largest absolute Gasteiger partial charge is 0.493 e. The van der Waals surface area contributed by atoms with Crippen LogP contribution < -0.4 is 20.1 Å². The van der Waals surface area contributed by atoms with Crippen molar-refractivity contribution in [3.05, 3.63) is 53.7 Å². The molecule has 0 bridgehead atoms. The number of methoxy groups -OCH3 is 1. The minimum atomic E-state index is -0.357. The Morgan fingerprint density at radius 2 is 1.96 bits per heavy atom. The van der Waals surface area contributed by atoms with E-state index in [0.717, 1.165) is 5.56 Å². The molecule has 0 radical (unpaired) electrons. The van der Waals surface area contributed by atoms with Gasteiger partial charge in [-0.2, -0.15) is 0 Å². The van der Waals surface area contributed by atoms with Crippen LogP contribution in [0.25, 0.3) is 0 Å². The number of aromatic nitrogens is 1. The van der Waals surface area contributed by atoms with Crippen molar-refractivity contribution in [1.29, 1.82) is 0 Å². The molecule has 0 aliphatic carbocycles. The van der Waals surface area contributed by atoms with Crippen LogP contribution in [0.1, 0.15) is 22.8 Å². The first-order chi connectivity index (χ1) is 12.1. The minimum absolute atomic E-state index is 0.124. The van der Waals surface area contributed by atoms with Gasteiger partial charge in [-0.1, -0.05) is 12.1 Å². The predicted molar refractivity (Wildman–Crippen MR) is 92.6 cm³/mol. The number of para-hydroxylation sites is 1. The topological polar surface area (TPSA) is 89.5 Å². The zero-order valence-corrected chi connectivity index (χ0v) is 14.2. The molecule has 2 aromatic rings. The molecular formula is C18H21N3O4. The van der Waals surface area contributed by atoms with Crippen molar-refractivity contribution < 1.29 is 19.1 Å². The number of rotatable bonds is 8. The molecule has 0 aliphatic heterocycles. The minimum Gasteiger partial charge on any atom is -0.493 e. The van der Waals surface area contributed by atoms with Gasteiger partial charge in [0.25, 0.3) is 5.91 Å². The molecule has 7 heteroatoms. The van der Waals surface area contributed by atoms with Crippen molar-refractivity contribution in [2.45, 2.75) is 13.5 Å². The third-order valence-corrected chi connectivity index (χ3v) is 3.34. The summed E-state index contributed by atoms with van der Waals surface area (Å²) in [5.41, 5.74) is 1.25. The lowest BCUT2D eigenvalue weighted by atomic mass is 10.2. The van der Waals surface area contributed by atoms with Gasteiger partial charge in [0.1, 0.15) is 5.75 Å². The van der Waals surface area contributed by atoms with E-state index in [1.165, 1.54) is 7.11 Å². The standard InChI is InChI=1S/C18H21N3O4/c1-3-25-15-7-5-4-6-14(15)18(23)21-12-16(22)20-11-13-8-9-19-17(10-13)24-2/h4-10H,3,11-12H2,1-2H3,(H,20,22)(H,21,23). The molecule has 0 atom stereocenters. The second-order valence-corrected chi connectivity index (χ2v) is 5.10. The lowest BCUT2D eigenvalue weighted by Crippen LogP contribution is -2.36. The van der Waals surface area contributed by atoms with Crippen molar-refractivity contribution >= 4 is 11.8 Å². The molecule has 2 amide bonds. The van der Waals surface area contributed by atoms with E-state index in [0.29, 0.717) is 30.3 Å². The molecule has 7 nitrogen and oxygen atoms in total. The zero-order chi connectivity index (χ0) is 18.1. The highest BCUT2D eigenvalue weighted by Crippen LogP contribution is 2.17. The monoisotopic (exact) mass is 343 g/mol. The number of nitrogens with zero attached hydrogens (tertiary/aromatic N) is 1. The average molecular weight is 343 g/mol. The van der Waals surface area contributed by atoms with Crippen molar-refractivity contribution in [1.82, 2.24) is 15.6 Å². The van der Waals surface area contributed by atoms with Gasteiger partial charge in [0.2, 0.25) is 11.8 Å². The maximum absolute atomic E-state index is 12.2. The van der Waals surface area contributed by atoms with Crippen LogP contribution in [0.2, 0.25) is 0 Å². The highest BCUT2D eigenvalue weighted by molar-refractivity contribution is 5.98. The molecule has 1 heterocycles. The Bertz CT molecular complexity index is 734. The number of nitrogens with one attached hydrogen (secondary N) is 2. The van der Waals surface area contributed by atoms with Crippen molar-refractivity contribution in [3.8, 4) is 11.6 Å². The third-order valence-electron chi connectivity index (χ3n) is 3.34. The van der Waals surface area contributed by atoms with Crippen LogP contribution in [0.15, 0.2) is 42.6 Å². The highest BCUT2D eigenvalue weighted by Gasteiger charge is 2.12. The molecule has 0 unspecified atom stereocenters. The van der Waals surface area contributed by atoms with Crippen LogP contribution in [0, 0.1) is 0 Å². The first-order valence-electron chi connectivity index (χ1n) is 7.89. The predicted octanol–water partition coefficient (Wildman–Crippen LogP) is 1.54. The van der Waals surface area contributed by atoms with Gasteiger partial charge >= 0.3 is 0 Å². The average Bonchev–Trinajstić information content (AvgIpc) is 2.65. The Morgan fingerprint density at radius 1 is 1.16 bits per heavy atom. The first-order valence-corrected chi connectivity index (χ1v) is 7.89. The van der Waals surface area contributed by atoms with Gasteiger partial charge in [-0.15, -0.1) is 0 Å². The van der Waals surface area contributed by atoms with E-state index in [-0.39, 0.29) is 18.4 Å². The molecule has 0 aliphatic rings. The van der Waals surface area contributed by atoms with Crippen LogP contribution in [0.4, 0.5) is 0 Å². The Labute approximate surface area is 146 Å². The summed E-state index contributed by atoms with van der Waals surface area (Å²) >= 11 is 0. The lowest BCUT2D eigenvalue weighted by molar-refractivity contribution is -0.120. The Hall–Kier alpha value is -3.09. The van der Waals surface area contributed by atoms with Crippen LogP contribution in [-0.2, 0) is 11.3 Å². The molecule has 0 fully saturated rings. The number of benzene rings is 1. The molecule has 1 aromatic carbocycles. The van der Waals surface area contributed by atoms with Crippen LogP contribution in [0.5, 0.6) is 11.6 Å². The smallest absolute Gasteiger partial charge is 0.255 e. The highest BCUT2D eigenvalue weighted by atomic mass is 16.5. The van der Waals surface area contributed by atoms with E-state index in [1.54, 1.807) is 42.6 Å². The summed E-state index contributed by atoms with van der Waals surface area (Å²) in [6.07, 6.45) is 1.60. The van der Waals surface area contributed by atoms with Gasteiger partial charge in [-0.05, 0) is 30.7 Å². The summed E-state index contributed by atoms with van der Waals surface area (Å²) in [5.74, 6) is 0.321. The van der Waals surface area contributed by atoms with Gasteiger partial charge in [0, 0.05) is 18.8 Å². The quantitative estimate of drug-likeness (QED) is 0.759. The number of hydrogen-bond donors (Lipinski definition) is 2. The SMILES string of the molecule is CCOc1ccccc1C(=O)NCC(=O)NCc1ccnc(OC)c1. The maximum Gasteiger partial charge on any atom is 0.255 e. The fourth-order valence-electron chi connectivity index (χ4n) is 2.13. The number of amides is 2. The molecule has 0 saturated heterocycles. The Kier molecular flexibility index (Phi) is 6.76. The summed E-state index contributed by atoms with van der Waals surface area (Å²) in [7, 11) is 1.53. The number of ether oxygens (including phenoxy) is 2. The molecule has 25 heavy (non-hydrogen) atoms. The molecule has 0 spiro atoms. The van der Waals surface area contributed by atoms with Crippen LogP contribution >= 0.6 is 0 Å². The normalized spacial score (nSPS) is 10.0. The number of pyridine rings is 1. The second kappa shape index (κ2) is 9.27. The molecule has 2 rings (SSSR count). The Balaban J connectivity index is 1.84. The molecule has 2 N–H and O–H groups in total. The van der Waals surface area contributed by atoms with Crippen molar-refractivity contribution in [2.24, 2.45) is 0 Å². The number of hydrogen-bond acceptors (Lipinski definition) is 5. The number of carbonyl (C=O) groups excluding carboxylic acids is 2. The fourth-order valence-corrected chi connectivity index (χ4v) is 2.13. The van der Waals surface area contributed by atoms with E-state index in [4.69, 9.17) is 9.47 Å². The molecule has 132 valence electrons. The molecule has 1 aromatic heterocycles. The van der Waals surface area contributed by atoms with E-state index in [2.05, 4.69) is 15.6 Å². The first kappa shape index (κ1) is 18.3. The summed E-state index contributed by atoms with van der Waals surface area (Å²) in [6.45, 7) is 2.50. The van der Waals surface area contributed by atoms with Crippen LogP contribution in [0.3, 0.4) is 0 Å². The summed E-state index contributed by atoms with van der Waals surface area (Å²) < 4.78 is 10.4. The zero-order valence-electron chi connectivity index (χ0n) is 14.2. The third kappa shape index (κ3) is 5.49. The molecule has 0 saturated carbocycles. The second-order valence-electron chi connectivity index (χ2n) is 5.10.